The molecule has 2 aromatic carbocycles. The van der Waals surface area contributed by atoms with E-state index in [2.05, 4.69) is 19.1 Å². The molecule has 4 aromatic rings. The summed E-state index contributed by atoms with van der Waals surface area (Å²) in [6.07, 6.45) is 2.04. The number of piperazine rings is 1. The van der Waals surface area contributed by atoms with Gasteiger partial charge in [0, 0.05) is 31.1 Å². The van der Waals surface area contributed by atoms with Gasteiger partial charge >= 0.3 is 0 Å². The fourth-order valence-corrected chi connectivity index (χ4v) is 4.92. The Labute approximate surface area is 199 Å². The summed E-state index contributed by atoms with van der Waals surface area (Å²) in [5.41, 5.74) is 3.43. The van der Waals surface area contributed by atoms with Crippen LogP contribution in [0.25, 0.3) is 11.1 Å². The molecule has 6 nitrogen and oxygen atoms in total. The zero-order valence-electron chi connectivity index (χ0n) is 19.6. The van der Waals surface area contributed by atoms with Crippen molar-refractivity contribution in [3.8, 4) is 0 Å². The van der Waals surface area contributed by atoms with Gasteiger partial charge in [0.25, 0.3) is 5.91 Å². The molecule has 0 saturated carbocycles. The topological polar surface area (TPSA) is 58.7 Å². The standard InChI is InChI=1S/C28H29N3O3/c1-20-19-29(14-15-30(20)26(32)17-22-9-5-3-6-10-22)27(33)25-18-24-13-16-34-28(24)31(25)21(2)23-11-7-4-8-12-23/h3-13,16,18,20-21H,14-15,17,19H2,1-2H3/t20-,21-/m1/s1. The molecule has 174 valence electrons. The first-order chi connectivity index (χ1) is 16.5. The number of hydrogen-bond acceptors (Lipinski definition) is 3. The molecule has 2 amide bonds. The number of carbonyl (C=O) groups excluding carboxylic acids is 2. The number of furan rings is 1. The van der Waals surface area contributed by atoms with Gasteiger partial charge < -0.3 is 14.2 Å². The predicted octanol–water partition coefficient (Wildman–Crippen LogP) is 4.76. The monoisotopic (exact) mass is 455 g/mol. The van der Waals surface area contributed by atoms with Crippen LogP contribution in [0.1, 0.15) is 41.5 Å². The zero-order valence-corrected chi connectivity index (χ0v) is 19.6. The van der Waals surface area contributed by atoms with Gasteiger partial charge in [0.05, 0.1) is 18.7 Å². The van der Waals surface area contributed by atoms with Gasteiger partial charge in [-0.3, -0.25) is 14.2 Å². The Kier molecular flexibility index (Phi) is 5.97. The molecule has 2 atom stereocenters. The highest BCUT2D eigenvalue weighted by molar-refractivity contribution is 5.98. The average molecular weight is 456 g/mol. The number of nitrogens with zero attached hydrogens (tertiary/aromatic N) is 3. The highest BCUT2D eigenvalue weighted by Gasteiger charge is 2.32. The molecule has 5 rings (SSSR count). The van der Waals surface area contributed by atoms with Gasteiger partial charge in [0.15, 0.2) is 0 Å². The highest BCUT2D eigenvalue weighted by atomic mass is 16.3. The molecule has 0 bridgehead atoms. The highest BCUT2D eigenvalue weighted by Crippen LogP contribution is 2.30. The summed E-state index contributed by atoms with van der Waals surface area (Å²) in [6, 6.07) is 23.6. The molecule has 1 aliphatic heterocycles. The Morgan fingerprint density at radius 2 is 1.71 bits per heavy atom. The summed E-state index contributed by atoms with van der Waals surface area (Å²) in [6.45, 7) is 5.64. The van der Waals surface area contributed by atoms with Crippen molar-refractivity contribution < 1.29 is 14.0 Å². The predicted molar refractivity (Wildman–Crippen MR) is 132 cm³/mol. The molecule has 0 aliphatic carbocycles. The van der Waals surface area contributed by atoms with Crippen molar-refractivity contribution in [1.29, 1.82) is 0 Å². The lowest BCUT2D eigenvalue weighted by Gasteiger charge is -2.40. The molecule has 1 saturated heterocycles. The summed E-state index contributed by atoms with van der Waals surface area (Å²) in [4.78, 5) is 30.4. The number of hydrogen-bond donors (Lipinski definition) is 0. The fourth-order valence-electron chi connectivity index (χ4n) is 4.92. The lowest BCUT2D eigenvalue weighted by molar-refractivity contribution is -0.134. The molecule has 6 heteroatoms. The molecule has 2 aromatic heterocycles. The van der Waals surface area contributed by atoms with E-state index in [4.69, 9.17) is 4.42 Å². The largest absolute Gasteiger partial charge is 0.448 e. The lowest BCUT2D eigenvalue weighted by Crippen LogP contribution is -2.56. The Balaban J connectivity index is 1.35. The van der Waals surface area contributed by atoms with Crippen LogP contribution in [0.15, 0.2) is 83.5 Å². The van der Waals surface area contributed by atoms with Crippen molar-refractivity contribution in [2.45, 2.75) is 32.4 Å². The van der Waals surface area contributed by atoms with Crippen LogP contribution in [-0.4, -0.2) is 51.9 Å². The van der Waals surface area contributed by atoms with E-state index in [9.17, 15) is 9.59 Å². The number of carbonyl (C=O) groups is 2. The maximum Gasteiger partial charge on any atom is 0.270 e. The van der Waals surface area contributed by atoms with Crippen LogP contribution in [0.3, 0.4) is 0 Å². The number of fused-ring (bicyclic) bond motifs is 1. The number of benzene rings is 2. The first-order valence-corrected chi connectivity index (χ1v) is 11.8. The maximum atomic E-state index is 13.7. The Morgan fingerprint density at radius 1 is 1.00 bits per heavy atom. The quantitative estimate of drug-likeness (QED) is 0.436. The maximum absolute atomic E-state index is 13.7. The molecule has 0 N–H and O–H groups in total. The van der Waals surface area contributed by atoms with E-state index < -0.39 is 0 Å². The minimum atomic E-state index is -0.0602. The molecule has 34 heavy (non-hydrogen) atoms. The number of amides is 2. The molecular formula is C28H29N3O3. The second-order valence-corrected chi connectivity index (χ2v) is 9.02. The molecule has 0 radical (unpaired) electrons. The third-order valence-corrected chi connectivity index (χ3v) is 6.77. The second kappa shape index (κ2) is 9.21. The van der Waals surface area contributed by atoms with E-state index in [0.717, 1.165) is 16.5 Å². The van der Waals surface area contributed by atoms with Crippen LogP contribution in [0, 0.1) is 0 Å². The van der Waals surface area contributed by atoms with Gasteiger partial charge in [-0.2, -0.15) is 0 Å². The first-order valence-electron chi connectivity index (χ1n) is 11.8. The first kappa shape index (κ1) is 22.0. The third kappa shape index (κ3) is 4.12. The fraction of sp³-hybridized carbons (Fsp3) is 0.286. The molecule has 0 spiro atoms. The number of aromatic nitrogens is 1. The summed E-state index contributed by atoms with van der Waals surface area (Å²) in [7, 11) is 0. The van der Waals surface area contributed by atoms with Gasteiger partial charge in [-0.05, 0) is 37.1 Å². The van der Waals surface area contributed by atoms with E-state index in [-0.39, 0.29) is 23.9 Å². The van der Waals surface area contributed by atoms with E-state index >= 15 is 0 Å². The van der Waals surface area contributed by atoms with Crippen molar-refractivity contribution in [2.24, 2.45) is 0 Å². The van der Waals surface area contributed by atoms with Gasteiger partial charge in [-0.25, -0.2) is 0 Å². The molecular weight excluding hydrogens is 426 g/mol. The molecule has 1 fully saturated rings. The van der Waals surface area contributed by atoms with Crippen LogP contribution in [0.2, 0.25) is 0 Å². The van der Waals surface area contributed by atoms with Crippen LogP contribution >= 0.6 is 0 Å². The van der Waals surface area contributed by atoms with Crippen LogP contribution in [0.5, 0.6) is 0 Å². The molecule has 3 heterocycles. The zero-order chi connectivity index (χ0) is 23.7. The summed E-state index contributed by atoms with van der Waals surface area (Å²) in [5.74, 6) is 0.0700. The van der Waals surface area contributed by atoms with Crippen molar-refractivity contribution >= 4 is 22.9 Å². The van der Waals surface area contributed by atoms with E-state index in [1.165, 1.54) is 0 Å². The number of rotatable bonds is 5. The Hall–Kier alpha value is -3.80. The third-order valence-electron chi connectivity index (χ3n) is 6.77. The van der Waals surface area contributed by atoms with Crippen molar-refractivity contribution in [3.05, 3.63) is 95.9 Å². The van der Waals surface area contributed by atoms with Crippen molar-refractivity contribution in [1.82, 2.24) is 14.4 Å². The summed E-state index contributed by atoms with van der Waals surface area (Å²) in [5, 5.41) is 0.913. The average Bonchev–Trinajstić information content (AvgIpc) is 3.45. The Bertz CT molecular complexity index is 1290. The smallest absolute Gasteiger partial charge is 0.270 e. The lowest BCUT2D eigenvalue weighted by atomic mass is 10.1. The van der Waals surface area contributed by atoms with Crippen LogP contribution in [-0.2, 0) is 11.2 Å². The van der Waals surface area contributed by atoms with Gasteiger partial charge in [0.1, 0.15) is 5.69 Å². The van der Waals surface area contributed by atoms with Crippen molar-refractivity contribution in [3.63, 3.8) is 0 Å². The van der Waals surface area contributed by atoms with Crippen LogP contribution in [0.4, 0.5) is 0 Å². The van der Waals surface area contributed by atoms with E-state index in [1.807, 2.05) is 82.0 Å². The van der Waals surface area contributed by atoms with Gasteiger partial charge in [-0.15, -0.1) is 0 Å². The molecule has 1 aliphatic rings. The van der Waals surface area contributed by atoms with Gasteiger partial charge in [-0.1, -0.05) is 60.7 Å². The second-order valence-electron chi connectivity index (χ2n) is 9.02. The minimum Gasteiger partial charge on any atom is -0.448 e. The van der Waals surface area contributed by atoms with E-state index in [0.29, 0.717) is 37.5 Å². The Morgan fingerprint density at radius 3 is 2.41 bits per heavy atom. The van der Waals surface area contributed by atoms with E-state index in [1.54, 1.807) is 6.26 Å². The minimum absolute atomic E-state index is 0.0313. The van der Waals surface area contributed by atoms with Gasteiger partial charge in [0.2, 0.25) is 11.6 Å². The van der Waals surface area contributed by atoms with Crippen molar-refractivity contribution in [2.75, 3.05) is 19.6 Å². The van der Waals surface area contributed by atoms with Crippen LogP contribution < -0.4 is 0 Å². The normalized spacial score (nSPS) is 17.2. The molecule has 0 unspecified atom stereocenters. The summed E-state index contributed by atoms with van der Waals surface area (Å²) >= 11 is 0. The summed E-state index contributed by atoms with van der Waals surface area (Å²) < 4.78 is 7.77. The SMILES string of the molecule is C[C@@H]1CN(C(=O)c2cc3ccoc3n2[C@H](C)c2ccccc2)CCN1C(=O)Cc1ccccc1.